The molecule has 7 heteroatoms. The minimum Gasteiger partial charge on any atom is -0.385 e. The molecule has 0 aliphatic rings. The second kappa shape index (κ2) is 6.09. The molecule has 2 aromatic rings. The molecule has 0 radical (unpaired) electrons. The van der Waals surface area contributed by atoms with E-state index in [4.69, 9.17) is 16.4 Å². The fraction of sp³-hybridized carbons (Fsp3) is 0.462. The lowest BCUT2D eigenvalue weighted by molar-refractivity contribution is -0.127. The zero-order valence-electron chi connectivity index (χ0n) is 11.6. The van der Waals surface area contributed by atoms with Crippen LogP contribution in [0.2, 0.25) is 5.02 Å². The molecule has 1 unspecified atom stereocenters. The summed E-state index contributed by atoms with van der Waals surface area (Å²) in [6.45, 7) is 5.91. The van der Waals surface area contributed by atoms with E-state index in [1.54, 1.807) is 18.2 Å². The molecule has 6 nitrogen and oxygen atoms in total. The number of nitrogens with zero attached hydrogens (tertiary/aromatic N) is 3. The van der Waals surface area contributed by atoms with E-state index in [-0.39, 0.29) is 18.6 Å². The van der Waals surface area contributed by atoms with Gasteiger partial charge >= 0.3 is 0 Å². The lowest BCUT2D eigenvalue weighted by Gasteiger charge is -2.17. The van der Waals surface area contributed by atoms with Gasteiger partial charge in [0.25, 0.3) is 5.91 Å². The summed E-state index contributed by atoms with van der Waals surface area (Å²) in [6.07, 6.45) is 0. The van der Waals surface area contributed by atoms with Crippen LogP contribution in [0.3, 0.4) is 0 Å². The van der Waals surface area contributed by atoms with Crippen LogP contribution in [-0.4, -0.2) is 33.7 Å². The number of carbonyl (C=O) groups excluding carboxylic acids is 1. The Morgan fingerprint density at radius 3 is 2.90 bits per heavy atom. The first kappa shape index (κ1) is 14.6. The highest BCUT2D eigenvalue weighted by molar-refractivity contribution is 6.31. The molecule has 2 rings (SSSR count). The maximum Gasteiger partial charge on any atom is 0.260 e. The van der Waals surface area contributed by atoms with Crippen LogP contribution < -0.4 is 10.2 Å². The molecule has 0 saturated heterocycles. The van der Waals surface area contributed by atoms with Gasteiger partial charge in [-0.1, -0.05) is 30.3 Å². The summed E-state index contributed by atoms with van der Waals surface area (Å²) in [6, 6.07) is 5.24. The van der Waals surface area contributed by atoms with Crippen molar-refractivity contribution in [1.82, 2.24) is 20.5 Å². The quantitative estimate of drug-likeness (QED) is 0.911. The predicted molar refractivity (Wildman–Crippen MR) is 76.4 cm³/mol. The molecule has 0 fully saturated rings. The van der Waals surface area contributed by atoms with Gasteiger partial charge in [-0.15, -0.1) is 5.10 Å². The highest BCUT2D eigenvalue weighted by Crippen LogP contribution is 2.16. The molecule has 0 saturated carbocycles. The van der Waals surface area contributed by atoms with Crippen LogP contribution >= 0.6 is 11.6 Å². The molecule has 0 aliphatic carbocycles. The predicted octanol–water partition coefficient (Wildman–Crippen LogP) is 1.67. The molecular weight excluding hydrogens is 280 g/mol. The number of rotatable bonds is 5. The Balaban J connectivity index is 1.99. The van der Waals surface area contributed by atoms with Crippen LogP contribution in [0.4, 0.5) is 0 Å². The SMILES string of the molecule is CC(C)C(C)NC(=O)COn1nnc2ccc(Cl)cc21. The van der Waals surface area contributed by atoms with Crippen LogP contribution in [0, 0.1) is 5.92 Å². The second-order valence-electron chi connectivity index (χ2n) is 4.97. The molecule has 1 aromatic carbocycles. The van der Waals surface area contributed by atoms with E-state index in [1.807, 2.05) is 20.8 Å². The largest absolute Gasteiger partial charge is 0.385 e. The first-order valence-electron chi connectivity index (χ1n) is 6.41. The molecule has 1 heterocycles. The van der Waals surface area contributed by atoms with Crippen molar-refractivity contribution >= 4 is 28.5 Å². The molecule has 1 aromatic heterocycles. The summed E-state index contributed by atoms with van der Waals surface area (Å²) in [7, 11) is 0. The maximum atomic E-state index is 11.7. The average molecular weight is 297 g/mol. The lowest BCUT2D eigenvalue weighted by atomic mass is 10.1. The number of hydrogen-bond donors (Lipinski definition) is 1. The van der Waals surface area contributed by atoms with Crippen LogP contribution in [0.5, 0.6) is 0 Å². The lowest BCUT2D eigenvalue weighted by Crippen LogP contribution is -2.40. The number of carbonyl (C=O) groups is 1. The zero-order chi connectivity index (χ0) is 14.7. The van der Waals surface area contributed by atoms with Crippen molar-refractivity contribution in [2.45, 2.75) is 26.8 Å². The van der Waals surface area contributed by atoms with Crippen molar-refractivity contribution in [3.63, 3.8) is 0 Å². The fourth-order valence-electron chi connectivity index (χ4n) is 1.55. The Kier molecular flexibility index (Phi) is 4.44. The third kappa shape index (κ3) is 3.39. The Labute approximate surface area is 122 Å². The molecule has 0 spiro atoms. The monoisotopic (exact) mass is 296 g/mol. The number of nitrogens with one attached hydrogen (secondary N) is 1. The van der Waals surface area contributed by atoms with Gasteiger partial charge in [-0.3, -0.25) is 4.79 Å². The van der Waals surface area contributed by atoms with E-state index < -0.39 is 0 Å². The van der Waals surface area contributed by atoms with Crippen molar-refractivity contribution in [3.8, 4) is 0 Å². The number of hydrogen-bond acceptors (Lipinski definition) is 4. The number of benzene rings is 1. The van der Waals surface area contributed by atoms with Gasteiger partial charge in [0.2, 0.25) is 0 Å². The number of halogens is 1. The molecule has 1 N–H and O–H groups in total. The van der Waals surface area contributed by atoms with E-state index >= 15 is 0 Å². The molecule has 1 atom stereocenters. The zero-order valence-corrected chi connectivity index (χ0v) is 12.4. The molecule has 108 valence electrons. The maximum absolute atomic E-state index is 11.7. The molecule has 20 heavy (non-hydrogen) atoms. The van der Waals surface area contributed by atoms with E-state index in [9.17, 15) is 4.79 Å². The summed E-state index contributed by atoms with van der Waals surface area (Å²) < 4.78 is 0. The number of aromatic nitrogens is 3. The molecule has 1 amide bonds. The van der Waals surface area contributed by atoms with Gasteiger partial charge in [0, 0.05) is 11.1 Å². The minimum atomic E-state index is -0.197. The standard InChI is InChI=1S/C13H17ClN4O2/c1-8(2)9(3)15-13(19)7-20-18-12-6-10(14)4-5-11(12)16-17-18/h4-6,8-9H,7H2,1-3H3,(H,15,19). The highest BCUT2D eigenvalue weighted by atomic mass is 35.5. The summed E-state index contributed by atoms with van der Waals surface area (Å²) in [5.41, 5.74) is 1.28. The number of amides is 1. The first-order valence-corrected chi connectivity index (χ1v) is 6.79. The van der Waals surface area contributed by atoms with Gasteiger partial charge in [-0.2, -0.15) is 0 Å². The fourth-order valence-corrected chi connectivity index (χ4v) is 1.72. The molecule has 0 bridgehead atoms. The van der Waals surface area contributed by atoms with Crippen molar-refractivity contribution in [2.75, 3.05) is 6.61 Å². The van der Waals surface area contributed by atoms with Crippen LogP contribution in [-0.2, 0) is 4.79 Å². The average Bonchev–Trinajstić information content (AvgIpc) is 2.78. The van der Waals surface area contributed by atoms with E-state index in [1.165, 1.54) is 4.85 Å². The molecule has 0 aliphatic heterocycles. The summed E-state index contributed by atoms with van der Waals surface area (Å²) in [5.74, 6) is 0.168. The van der Waals surface area contributed by atoms with Gasteiger partial charge in [-0.25, -0.2) is 0 Å². The third-order valence-corrected chi connectivity index (χ3v) is 3.32. The van der Waals surface area contributed by atoms with Crippen LogP contribution in [0.1, 0.15) is 20.8 Å². The van der Waals surface area contributed by atoms with Crippen molar-refractivity contribution < 1.29 is 9.63 Å². The summed E-state index contributed by atoms with van der Waals surface area (Å²) in [5, 5.41) is 11.2. The highest BCUT2D eigenvalue weighted by Gasteiger charge is 2.12. The second-order valence-corrected chi connectivity index (χ2v) is 5.41. The van der Waals surface area contributed by atoms with Gasteiger partial charge in [0.05, 0.1) is 0 Å². The summed E-state index contributed by atoms with van der Waals surface area (Å²) in [4.78, 5) is 18.3. The Morgan fingerprint density at radius 2 is 2.20 bits per heavy atom. The smallest absolute Gasteiger partial charge is 0.260 e. The van der Waals surface area contributed by atoms with Crippen molar-refractivity contribution in [1.29, 1.82) is 0 Å². The van der Waals surface area contributed by atoms with Crippen LogP contribution in [0.25, 0.3) is 11.0 Å². The minimum absolute atomic E-state index is 0.0908. The summed E-state index contributed by atoms with van der Waals surface area (Å²) >= 11 is 5.91. The van der Waals surface area contributed by atoms with Crippen molar-refractivity contribution in [2.24, 2.45) is 5.92 Å². The van der Waals surface area contributed by atoms with Gasteiger partial charge in [0.15, 0.2) is 6.61 Å². The van der Waals surface area contributed by atoms with Gasteiger partial charge in [-0.05, 0) is 36.3 Å². The van der Waals surface area contributed by atoms with E-state index in [0.717, 1.165) is 0 Å². The van der Waals surface area contributed by atoms with E-state index in [0.29, 0.717) is 22.0 Å². The third-order valence-electron chi connectivity index (χ3n) is 3.08. The first-order chi connectivity index (χ1) is 9.47. The molecular formula is C13H17ClN4O2. The van der Waals surface area contributed by atoms with Gasteiger partial charge < -0.3 is 10.2 Å². The Morgan fingerprint density at radius 1 is 1.45 bits per heavy atom. The Bertz CT molecular complexity index is 611. The van der Waals surface area contributed by atoms with Crippen molar-refractivity contribution in [3.05, 3.63) is 23.2 Å². The Hall–Kier alpha value is -1.82. The normalized spacial score (nSPS) is 12.7. The number of fused-ring (bicyclic) bond motifs is 1. The van der Waals surface area contributed by atoms with Gasteiger partial charge in [0.1, 0.15) is 11.0 Å². The topological polar surface area (TPSA) is 69.0 Å². The van der Waals surface area contributed by atoms with E-state index in [2.05, 4.69) is 15.6 Å². The van der Waals surface area contributed by atoms with Crippen LogP contribution in [0.15, 0.2) is 18.2 Å².